The zero-order valence-electron chi connectivity index (χ0n) is 42.1. The Morgan fingerprint density at radius 2 is 1.04 bits per heavy atom. The third kappa shape index (κ3) is 8.19. The van der Waals surface area contributed by atoms with E-state index in [2.05, 4.69) is 237 Å². The van der Waals surface area contributed by atoms with Crippen LogP contribution in [0.25, 0.3) is 106 Å². The van der Waals surface area contributed by atoms with Crippen molar-refractivity contribution < 1.29 is 9.52 Å². The number of hydrogen-bond donors (Lipinski definition) is 1. The van der Waals surface area contributed by atoms with Crippen molar-refractivity contribution in [2.45, 2.75) is 78.6 Å². The molecule has 5 heteroatoms. The van der Waals surface area contributed by atoms with Gasteiger partial charge in [0, 0.05) is 44.8 Å². The molecule has 71 heavy (non-hydrogen) atoms. The van der Waals surface area contributed by atoms with Gasteiger partial charge in [-0.15, -0.1) is 0 Å². The van der Waals surface area contributed by atoms with Gasteiger partial charge in [-0.25, -0.2) is 4.98 Å². The molecule has 0 spiro atoms. The molecule has 350 valence electrons. The summed E-state index contributed by atoms with van der Waals surface area (Å²) in [6.45, 7) is 20.0. The van der Waals surface area contributed by atoms with E-state index in [1.54, 1.807) is 0 Å². The largest absolute Gasteiger partial charge is 0.507 e. The number of aromatic hydroxyl groups is 1. The Balaban J connectivity index is 1.25. The minimum Gasteiger partial charge on any atom is -0.507 e. The summed E-state index contributed by atoms with van der Waals surface area (Å²) in [5.41, 5.74) is 17.7. The number of pyridine rings is 1. The summed E-state index contributed by atoms with van der Waals surface area (Å²) in [5.74, 6) is 0.908. The number of nitrogens with zero attached hydrogens (tertiary/aromatic N) is 3. The van der Waals surface area contributed by atoms with Crippen molar-refractivity contribution in [2.24, 2.45) is 0 Å². The minimum absolute atomic E-state index is 0.0963. The average molecular weight is 926 g/mol. The molecule has 11 aromatic rings. The molecule has 0 saturated carbocycles. The van der Waals surface area contributed by atoms with E-state index in [1.807, 2.05) is 18.3 Å². The number of para-hydroxylation sites is 2. The van der Waals surface area contributed by atoms with E-state index in [1.165, 1.54) is 5.56 Å². The van der Waals surface area contributed by atoms with Gasteiger partial charge >= 0.3 is 0 Å². The van der Waals surface area contributed by atoms with Crippen molar-refractivity contribution in [1.82, 2.24) is 14.5 Å². The van der Waals surface area contributed by atoms with E-state index in [0.717, 1.165) is 106 Å². The van der Waals surface area contributed by atoms with Gasteiger partial charge in [-0.1, -0.05) is 196 Å². The molecule has 0 bridgehead atoms. The Morgan fingerprint density at radius 1 is 0.437 bits per heavy atom. The predicted molar refractivity (Wildman–Crippen MR) is 297 cm³/mol. The van der Waals surface area contributed by atoms with Gasteiger partial charge in [-0.2, -0.15) is 0 Å². The van der Waals surface area contributed by atoms with E-state index in [0.29, 0.717) is 11.4 Å². The SMILES string of the molecule is CC(C)(C)c1ccc(-n2c(-c3cc(C(C)(C)C)cc(C(C)(C)C)c3O)nc3c(-c4cc(-c5cc(-c6ccccc6)ccn5)c5oc6c(-c7ccccc7)cccc6c5c4)cccc32)c(-c2ccccc2)c1. The number of fused-ring (bicyclic) bond motifs is 4. The minimum atomic E-state index is -0.350. The lowest BCUT2D eigenvalue weighted by Gasteiger charge is -2.28. The topological polar surface area (TPSA) is 64.1 Å². The third-order valence-corrected chi connectivity index (χ3v) is 14.0. The highest BCUT2D eigenvalue weighted by Crippen LogP contribution is 2.48. The molecule has 0 atom stereocenters. The maximum atomic E-state index is 12.7. The van der Waals surface area contributed by atoms with Crippen LogP contribution in [0.5, 0.6) is 5.75 Å². The summed E-state index contributed by atoms with van der Waals surface area (Å²) in [5, 5.41) is 14.7. The van der Waals surface area contributed by atoms with Crippen molar-refractivity contribution in [3.63, 3.8) is 0 Å². The molecule has 0 radical (unpaired) electrons. The fourth-order valence-electron chi connectivity index (χ4n) is 10.1. The Kier molecular flexibility index (Phi) is 11.0. The van der Waals surface area contributed by atoms with Crippen LogP contribution in [0, 0.1) is 0 Å². The summed E-state index contributed by atoms with van der Waals surface area (Å²) in [7, 11) is 0. The highest BCUT2D eigenvalue weighted by Gasteiger charge is 2.30. The second-order valence-electron chi connectivity index (χ2n) is 22.1. The highest BCUT2D eigenvalue weighted by atomic mass is 16.3. The summed E-state index contributed by atoms with van der Waals surface area (Å²) < 4.78 is 9.36. The van der Waals surface area contributed by atoms with Crippen molar-refractivity contribution in [1.29, 1.82) is 0 Å². The fraction of sp³-hybridized carbons (Fsp3) is 0.182. The van der Waals surface area contributed by atoms with E-state index >= 15 is 0 Å². The maximum Gasteiger partial charge on any atom is 0.149 e. The van der Waals surface area contributed by atoms with Crippen LogP contribution in [0.4, 0.5) is 0 Å². The summed E-state index contributed by atoms with van der Waals surface area (Å²) in [6, 6.07) is 64.3. The quantitative estimate of drug-likeness (QED) is 0.173. The van der Waals surface area contributed by atoms with Crippen LogP contribution < -0.4 is 0 Å². The van der Waals surface area contributed by atoms with Gasteiger partial charge in [0.1, 0.15) is 22.7 Å². The number of furan rings is 1. The van der Waals surface area contributed by atoms with Crippen molar-refractivity contribution in [2.75, 3.05) is 0 Å². The zero-order chi connectivity index (χ0) is 49.4. The molecule has 0 amide bonds. The monoisotopic (exact) mass is 925 g/mol. The molecule has 0 aliphatic carbocycles. The number of hydrogen-bond acceptors (Lipinski definition) is 4. The lowest BCUT2D eigenvalue weighted by molar-refractivity contribution is 0.446. The maximum absolute atomic E-state index is 12.7. The van der Waals surface area contributed by atoms with Gasteiger partial charge in [-0.05, 0) is 104 Å². The molecule has 0 fully saturated rings. The van der Waals surface area contributed by atoms with Crippen molar-refractivity contribution in [3.05, 3.63) is 205 Å². The summed E-state index contributed by atoms with van der Waals surface area (Å²) >= 11 is 0. The third-order valence-electron chi connectivity index (χ3n) is 14.0. The summed E-state index contributed by atoms with van der Waals surface area (Å²) in [6.07, 6.45) is 1.89. The van der Waals surface area contributed by atoms with Crippen molar-refractivity contribution in [3.8, 4) is 78.6 Å². The average Bonchev–Trinajstić information content (AvgIpc) is 3.95. The first-order valence-electron chi connectivity index (χ1n) is 24.7. The molecule has 0 aliphatic heterocycles. The highest BCUT2D eigenvalue weighted by molar-refractivity contribution is 6.15. The van der Waals surface area contributed by atoms with Crippen LogP contribution in [0.1, 0.15) is 79.0 Å². The molecule has 0 saturated heterocycles. The van der Waals surface area contributed by atoms with E-state index < -0.39 is 0 Å². The second kappa shape index (κ2) is 17.1. The number of aromatic nitrogens is 3. The van der Waals surface area contributed by atoms with Gasteiger partial charge in [0.25, 0.3) is 0 Å². The Hall–Kier alpha value is -8.02. The van der Waals surface area contributed by atoms with Crippen LogP contribution in [-0.4, -0.2) is 19.6 Å². The molecule has 0 unspecified atom stereocenters. The van der Waals surface area contributed by atoms with E-state index in [9.17, 15) is 5.11 Å². The van der Waals surface area contributed by atoms with E-state index in [-0.39, 0.29) is 22.0 Å². The molecule has 3 heterocycles. The lowest BCUT2D eigenvalue weighted by Crippen LogP contribution is -2.17. The Morgan fingerprint density at radius 3 is 1.70 bits per heavy atom. The number of rotatable bonds is 7. The number of phenols is 1. The number of phenolic OH excluding ortho intramolecular Hbond substituents is 1. The van der Waals surface area contributed by atoms with Gasteiger partial charge < -0.3 is 9.52 Å². The van der Waals surface area contributed by atoms with Crippen molar-refractivity contribution >= 4 is 33.0 Å². The predicted octanol–water partition coefficient (Wildman–Crippen LogP) is 17.9. The van der Waals surface area contributed by atoms with Crippen LogP contribution in [0.3, 0.4) is 0 Å². The number of benzene rings is 8. The second-order valence-corrected chi connectivity index (χ2v) is 22.1. The molecule has 5 nitrogen and oxygen atoms in total. The molecule has 0 aliphatic rings. The van der Waals surface area contributed by atoms with Gasteiger partial charge in [0.05, 0.1) is 28.0 Å². The molecule has 8 aromatic carbocycles. The van der Waals surface area contributed by atoms with Gasteiger partial charge in [0.2, 0.25) is 0 Å². The normalized spacial score (nSPS) is 12.4. The first-order chi connectivity index (χ1) is 34.0. The summed E-state index contributed by atoms with van der Waals surface area (Å²) in [4.78, 5) is 10.8. The molecular weight excluding hydrogens is 867 g/mol. The van der Waals surface area contributed by atoms with Crippen LogP contribution in [0.15, 0.2) is 193 Å². The molecule has 3 aromatic heterocycles. The molecular formula is C66H59N3O2. The zero-order valence-corrected chi connectivity index (χ0v) is 42.1. The molecule has 11 rings (SSSR count). The fourth-order valence-corrected chi connectivity index (χ4v) is 10.1. The van der Waals surface area contributed by atoms with Crippen LogP contribution in [-0.2, 0) is 16.2 Å². The van der Waals surface area contributed by atoms with Crippen LogP contribution >= 0.6 is 0 Å². The number of imidazole rings is 1. The first kappa shape index (κ1) is 45.4. The standard InChI is InChI=1S/C66H59N3O2/c1-64(2,3)46-31-32-57(51(38-46)43-25-17-12-18-26-43)69-58-30-20-27-48(59(58)68-63(69)54-39-47(65(4,5)6)40-55(60(54)70)66(7,8)9)45-35-52-50-29-19-28-49(42-23-15-11-16-24-42)61(50)71-62(52)53(36-45)56-37-44(33-34-67-56)41-21-13-10-14-22-41/h10-40,70H,1-9H3. The smallest absolute Gasteiger partial charge is 0.149 e. The van der Waals surface area contributed by atoms with Crippen LogP contribution in [0.2, 0.25) is 0 Å². The van der Waals surface area contributed by atoms with Gasteiger partial charge in [-0.3, -0.25) is 9.55 Å². The lowest BCUT2D eigenvalue weighted by atomic mass is 9.79. The van der Waals surface area contributed by atoms with E-state index in [4.69, 9.17) is 14.4 Å². The Labute approximate surface area is 417 Å². The van der Waals surface area contributed by atoms with Gasteiger partial charge in [0.15, 0.2) is 0 Å². The first-order valence-corrected chi connectivity index (χ1v) is 24.7. The molecule has 1 N–H and O–H groups in total. The Bertz CT molecular complexity index is 3800.